The van der Waals surface area contributed by atoms with Gasteiger partial charge < -0.3 is 15.0 Å². The average molecular weight is 257 g/mol. The number of hydrogen-bond donors (Lipinski definition) is 1. The molecule has 1 N–H and O–H groups in total. The Morgan fingerprint density at radius 3 is 3.18 bits per heavy atom. The van der Waals surface area contributed by atoms with Gasteiger partial charge in [0.1, 0.15) is 5.02 Å². The summed E-state index contributed by atoms with van der Waals surface area (Å²) in [5.41, 5.74) is 0. The fraction of sp³-hybridized carbons (Fsp3) is 0.636. The Bertz CT molecular complexity index is 366. The minimum atomic E-state index is 0.591. The highest BCUT2D eigenvalue weighted by Crippen LogP contribution is 2.24. The van der Waals surface area contributed by atoms with Crippen molar-refractivity contribution >= 4 is 23.4 Å². The molecule has 0 aromatic carbocycles. The molecule has 0 atom stereocenters. The molecule has 0 spiro atoms. The third-order valence-electron chi connectivity index (χ3n) is 2.58. The summed E-state index contributed by atoms with van der Waals surface area (Å²) >= 11 is 6.15. The quantitative estimate of drug-likeness (QED) is 0.894. The lowest BCUT2D eigenvalue weighted by Crippen LogP contribution is -2.27. The van der Waals surface area contributed by atoms with Gasteiger partial charge in [0.25, 0.3) is 0 Å². The molecule has 1 aromatic heterocycles. The van der Waals surface area contributed by atoms with Crippen LogP contribution in [-0.4, -0.2) is 42.8 Å². The van der Waals surface area contributed by atoms with Gasteiger partial charge in [0, 0.05) is 26.2 Å². The summed E-state index contributed by atoms with van der Waals surface area (Å²) in [6.07, 6.45) is 2.64. The lowest BCUT2D eigenvalue weighted by Gasteiger charge is -2.22. The second kappa shape index (κ2) is 6.02. The van der Waals surface area contributed by atoms with E-state index in [1.807, 2.05) is 6.92 Å². The molecule has 17 heavy (non-hydrogen) atoms. The van der Waals surface area contributed by atoms with Crippen LogP contribution in [0.2, 0.25) is 5.02 Å². The number of anilines is 2. The van der Waals surface area contributed by atoms with Crippen molar-refractivity contribution in [2.24, 2.45) is 0 Å². The van der Waals surface area contributed by atoms with Crippen LogP contribution in [0.15, 0.2) is 6.20 Å². The summed E-state index contributed by atoms with van der Waals surface area (Å²) in [4.78, 5) is 10.7. The Hall–Kier alpha value is -1.07. The first-order valence-corrected chi connectivity index (χ1v) is 6.28. The van der Waals surface area contributed by atoms with E-state index in [-0.39, 0.29) is 0 Å². The molecule has 2 rings (SSSR count). The normalized spacial score (nSPS) is 16.7. The molecular weight excluding hydrogens is 240 g/mol. The third kappa shape index (κ3) is 3.20. The van der Waals surface area contributed by atoms with E-state index in [2.05, 4.69) is 20.2 Å². The first-order chi connectivity index (χ1) is 8.31. The number of nitrogens with one attached hydrogen (secondary N) is 1. The summed E-state index contributed by atoms with van der Waals surface area (Å²) in [6, 6.07) is 0. The predicted molar refractivity (Wildman–Crippen MR) is 68.9 cm³/mol. The predicted octanol–water partition coefficient (Wildman–Crippen LogP) is 1.79. The fourth-order valence-corrected chi connectivity index (χ4v) is 1.99. The van der Waals surface area contributed by atoms with Crippen LogP contribution in [0.1, 0.15) is 13.3 Å². The summed E-state index contributed by atoms with van der Waals surface area (Å²) in [5.74, 6) is 1.42. The van der Waals surface area contributed by atoms with Crippen LogP contribution in [0.5, 0.6) is 0 Å². The lowest BCUT2D eigenvalue weighted by molar-refractivity contribution is 0.152. The van der Waals surface area contributed by atoms with Crippen molar-refractivity contribution < 1.29 is 4.74 Å². The number of aromatic nitrogens is 2. The molecule has 0 aliphatic carbocycles. The highest BCUT2D eigenvalue weighted by atomic mass is 35.5. The third-order valence-corrected chi connectivity index (χ3v) is 2.85. The molecule has 0 amide bonds. The van der Waals surface area contributed by atoms with Crippen molar-refractivity contribution in [2.45, 2.75) is 13.3 Å². The van der Waals surface area contributed by atoms with Gasteiger partial charge in [0.05, 0.1) is 12.8 Å². The van der Waals surface area contributed by atoms with Crippen LogP contribution in [0.4, 0.5) is 11.8 Å². The van der Waals surface area contributed by atoms with E-state index in [0.717, 1.165) is 45.1 Å². The monoisotopic (exact) mass is 256 g/mol. The molecule has 1 aliphatic heterocycles. The molecule has 1 fully saturated rings. The summed E-state index contributed by atoms with van der Waals surface area (Å²) in [7, 11) is 0. The Balaban J connectivity index is 2.19. The smallest absolute Gasteiger partial charge is 0.224 e. The Labute approximate surface area is 106 Å². The Morgan fingerprint density at radius 1 is 1.47 bits per heavy atom. The van der Waals surface area contributed by atoms with Gasteiger partial charge in [-0.1, -0.05) is 11.6 Å². The highest BCUT2D eigenvalue weighted by molar-refractivity contribution is 6.32. The summed E-state index contributed by atoms with van der Waals surface area (Å²) in [6.45, 7) is 6.07. The number of halogens is 1. The maximum Gasteiger partial charge on any atom is 0.224 e. The zero-order valence-electron chi connectivity index (χ0n) is 9.95. The first-order valence-electron chi connectivity index (χ1n) is 5.90. The van der Waals surface area contributed by atoms with Crippen molar-refractivity contribution in [1.82, 2.24) is 9.97 Å². The Morgan fingerprint density at radius 2 is 2.35 bits per heavy atom. The zero-order valence-corrected chi connectivity index (χ0v) is 10.7. The molecule has 1 aliphatic rings. The van der Waals surface area contributed by atoms with Gasteiger partial charge in [-0.2, -0.15) is 4.98 Å². The highest BCUT2D eigenvalue weighted by Gasteiger charge is 2.15. The van der Waals surface area contributed by atoms with Crippen LogP contribution in [0, 0.1) is 0 Å². The zero-order chi connectivity index (χ0) is 12.1. The van der Waals surface area contributed by atoms with E-state index < -0.39 is 0 Å². The van der Waals surface area contributed by atoms with Crippen LogP contribution in [0.25, 0.3) is 0 Å². The maximum atomic E-state index is 6.15. The standard InChI is InChI=1S/C11H17ClN4O/c1-2-13-11-14-8-9(12)10(15-11)16-4-3-6-17-7-5-16/h8H,2-7H2,1H3,(H,13,14,15). The molecule has 0 saturated carbocycles. The summed E-state index contributed by atoms with van der Waals surface area (Å²) in [5, 5.41) is 3.68. The topological polar surface area (TPSA) is 50.3 Å². The van der Waals surface area contributed by atoms with Crippen molar-refractivity contribution in [3.05, 3.63) is 11.2 Å². The molecule has 1 saturated heterocycles. The van der Waals surface area contributed by atoms with E-state index >= 15 is 0 Å². The van der Waals surface area contributed by atoms with E-state index in [4.69, 9.17) is 16.3 Å². The van der Waals surface area contributed by atoms with Gasteiger partial charge in [0.2, 0.25) is 5.95 Å². The molecule has 2 heterocycles. The lowest BCUT2D eigenvalue weighted by atomic mass is 10.4. The Kier molecular flexibility index (Phi) is 4.39. The molecule has 94 valence electrons. The molecule has 5 nitrogen and oxygen atoms in total. The van der Waals surface area contributed by atoms with Crippen molar-refractivity contribution in [3.63, 3.8) is 0 Å². The minimum absolute atomic E-state index is 0.591. The van der Waals surface area contributed by atoms with Gasteiger partial charge in [0.15, 0.2) is 5.82 Å². The van der Waals surface area contributed by atoms with Gasteiger partial charge in [-0.3, -0.25) is 0 Å². The second-order valence-corrected chi connectivity index (χ2v) is 4.26. The van der Waals surface area contributed by atoms with Crippen molar-refractivity contribution in [3.8, 4) is 0 Å². The minimum Gasteiger partial charge on any atom is -0.380 e. The van der Waals surface area contributed by atoms with Gasteiger partial charge in [-0.25, -0.2) is 4.98 Å². The fourth-order valence-electron chi connectivity index (χ4n) is 1.78. The van der Waals surface area contributed by atoms with Crippen LogP contribution >= 0.6 is 11.6 Å². The van der Waals surface area contributed by atoms with Gasteiger partial charge >= 0.3 is 0 Å². The number of rotatable bonds is 3. The van der Waals surface area contributed by atoms with Crippen molar-refractivity contribution in [2.75, 3.05) is 43.1 Å². The molecule has 0 unspecified atom stereocenters. The summed E-state index contributed by atoms with van der Waals surface area (Å²) < 4.78 is 5.42. The average Bonchev–Trinajstić information content (AvgIpc) is 2.60. The molecule has 6 heteroatoms. The number of hydrogen-bond acceptors (Lipinski definition) is 5. The molecule has 1 aromatic rings. The van der Waals surface area contributed by atoms with E-state index in [9.17, 15) is 0 Å². The SMILES string of the molecule is CCNc1ncc(Cl)c(N2CCCOCC2)n1. The van der Waals surface area contributed by atoms with Crippen molar-refractivity contribution in [1.29, 1.82) is 0 Å². The van der Waals surface area contributed by atoms with Gasteiger partial charge in [-0.15, -0.1) is 0 Å². The number of nitrogens with zero attached hydrogens (tertiary/aromatic N) is 3. The largest absolute Gasteiger partial charge is 0.380 e. The molecule has 0 bridgehead atoms. The number of ether oxygens (including phenoxy) is 1. The van der Waals surface area contributed by atoms with Crippen LogP contribution < -0.4 is 10.2 Å². The van der Waals surface area contributed by atoms with Gasteiger partial charge in [-0.05, 0) is 13.3 Å². The van der Waals surface area contributed by atoms with E-state index in [1.54, 1.807) is 6.20 Å². The second-order valence-electron chi connectivity index (χ2n) is 3.85. The van der Waals surface area contributed by atoms with E-state index in [1.165, 1.54) is 0 Å². The molecule has 0 radical (unpaired) electrons. The van der Waals surface area contributed by atoms with Crippen LogP contribution in [-0.2, 0) is 4.74 Å². The maximum absolute atomic E-state index is 6.15. The van der Waals surface area contributed by atoms with Crippen LogP contribution in [0.3, 0.4) is 0 Å². The van der Waals surface area contributed by atoms with E-state index in [0.29, 0.717) is 11.0 Å². The molecular formula is C11H17ClN4O. The first kappa shape index (κ1) is 12.4.